The van der Waals surface area contributed by atoms with Gasteiger partial charge in [0.1, 0.15) is 11.9 Å². The van der Waals surface area contributed by atoms with Crippen LogP contribution < -0.4 is 10.6 Å². The topological polar surface area (TPSA) is 67.4 Å². The van der Waals surface area contributed by atoms with E-state index in [9.17, 15) is 14.0 Å². The van der Waals surface area contributed by atoms with Gasteiger partial charge in [0.05, 0.1) is 11.6 Å². The third-order valence-corrected chi connectivity index (χ3v) is 5.02. The van der Waals surface area contributed by atoms with Gasteiger partial charge in [-0.3, -0.25) is 0 Å². The summed E-state index contributed by atoms with van der Waals surface area (Å²) in [5.74, 6) is -0.789. The summed E-state index contributed by atoms with van der Waals surface area (Å²) in [5.41, 5.74) is 1.49. The maximum Gasteiger partial charge on any atom is 0.338 e. The van der Waals surface area contributed by atoms with Crippen LogP contribution in [0.25, 0.3) is 0 Å². The smallest absolute Gasteiger partial charge is 0.338 e. The first-order valence-electron chi connectivity index (χ1n) is 9.29. The number of ether oxygens (including phenoxy) is 1. The molecule has 5 nitrogen and oxygen atoms in total. The van der Waals surface area contributed by atoms with E-state index in [2.05, 4.69) is 10.6 Å². The Balaban J connectivity index is 1.81. The number of benzene rings is 1. The van der Waals surface area contributed by atoms with Crippen LogP contribution in [0.3, 0.4) is 0 Å². The number of esters is 1. The van der Waals surface area contributed by atoms with Crippen LogP contribution in [0.2, 0.25) is 0 Å². The van der Waals surface area contributed by atoms with Gasteiger partial charge in [0.25, 0.3) is 0 Å². The van der Waals surface area contributed by atoms with E-state index in [4.69, 9.17) is 4.74 Å². The zero-order chi connectivity index (χ0) is 18.5. The van der Waals surface area contributed by atoms with Crippen molar-refractivity contribution in [3.63, 3.8) is 0 Å². The fourth-order valence-corrected chi connectivity index (χ4v) is 3.62. The normalized spacial score (nSPS) is 22.1. The first-order valence-corrected chi connectivity index (χ1v) is 9.29. The molecule has 3 rings (SSSR count). The second kappa shape index (κ2) is 8.34. The third kappa shape index (κ3) is 4.42. The molecule has 1 saturated carbocycles. The van der Waals surface area contributed by atoms with Gasteiger partial charge in [-0.05, 0) is 50.3 Å². The molecule has 0 bridgehead atoms. The molecule has 0 saturated heterocycles. The van der Waals surface area contributed by atoms with Gasteiger partial charge in [-0.2, -0.15) is 0 Å². The second-order valence-electron chi connectivity index (χ2n) is 6.99. The van der Waals surface area contributed by atoms with Gasteiger partial charge >= 0.3 is 12.0 Å². The Morgan fingerprint density at radius 2 is 1.69 bits per heavy atom. The molecule has 1 aliphatic carbocycles. The molecule has 140 valence electrons. The monoisotopic (exact) mass is 360 g/mol. The van der Waals surface area contributed by atoms with Crippen molar-refractivity contribution >= 4 is 12.0 Å². The van der Waals surface area contributed by atoms with E-state index in [1.807, 2.05) is 0 Å². The molecule has 0 spiro atoms. The van der Waals surface area contributed by atoms with Gasteiger partial charge in [0.2, 0.25) is 0 Å². The Bertz CT molecular complexity index is 692. The van der Waals surface area contributed by atoms with Crippen molar-refractivity contribution in [2.24, 2.45) is 0 Å². The number of amides is 2. The first-order chi connectivity index (χ1) is 12.5. The molecule has 1 fully saturated rings. The molecular weight excluding hydrogens is 335 g/mol. The average molecular weight is 360 g/mol. The summed E-state index contributed by atoms with van der Waals surface area (Å²) < 4.78 is 19.0. The number of allylic oxidation sites excluding steroid dienone is 1. The van der Waals surface area contributed by atoms with Gasteiger partial charge in [0, 0.05) is 5.70 Å². The van der Waals surface area contributed by atoms with Crippen molar-refractivity contribution < 1.29 is 18.7 Å². The molecule has 2 amide bonds. The summed E-state index contributed by atoms with van der Waals surface area (Å²) in [7, 11) is 0. The summed E-state index contributed by atoms with van der Waals surface area (Å²) in [6.07, 6.45) is 7.37. The minimum Gasteiger partial charge on any atom is -0.459 e. The fraction of sp³-hybridized carbons (Fsp3) is 0.500. The van der Waals surface area contributed by atoms with E-state index >= 15 is 0 Å². The number of urea groups is 1. The maximum absolute atomic E-state index is 13.2. The lowest BCUT2D eigenvalue weighted by atomic mass is 9.95. The van der Waals surface area contributed by atoms with Crippen LogP contribution in [0.4, 0.5) is 9.18 Å². The summed E-state index contributed by atoms with van der Waals surface area (Å²) in [6, 6.07) is 4.74. The van der Waals surface area contributed by atoms with Gasteiger partial charge in [0.15, 0.2) is 0 Å². The molecule has 1 aliphatic heterocycles. The number of rotatable bonds is 3. The van der Waals surface area contributed by atoms with E-state index in [1.165, 1.54) is 31.4 Å². The van der Waals surface area contributed by atoms with Crippen molar-refractivity contribution in [3.8, 4) is 0 Å². The lowest BCUT2D eigenvalue weighted by Gasteiger charge is -2.29. The van der Waals surface area contributed by atoms with Crippen molar-refractivity contribution in [3.05, 3.63) is 46.9 Å². The zero-order valence-electron chi connectivity index (χ0n) is 15.0. The van der Waals surface area contributed by atoms with E-state index in [-0.39, 0.29) is 18.0 Å². The van der Waals surface area contributed by atoms with Crippen LogP contribution in [0.5, 0.6) is 0 Å². The number of carbonyl (C=O) groups is 2. The van der Waals surface area contributed by atoms with E-state index < -0.39 is 12.0 Å². The van der Waals surface area contributed by atoms with Crippen molar-refractivity contribution in [1.82, 2.24) is 10.6 Å². The quantitative estimate of drug-likeness (QED) is 0.797. The summed E-state index contributed by atoms with van der Waals surface area (Å²) >= 11 is 0. The maximum atomic E-state index is 13.2. The highest BCUT2D eigenvalue weighted by molar-refractivity contribution is 5.95. The zero-order valence-corrected chi connectivity index (χ0v) is 15.0. The van der Waals surface area contributed by atoms with Gasteiger partial charge in [-0.25, -0.2) is 14.0 Å². The minimum absolute atomic E-state index is 0.0883. The van der Waals surface area contributed by atoms with Crippen molar-refractivity contribution in [2.45, 2.75) is 64.0 Å². The molecule has 1 aromatic carbocycles. The van der Waals surface area contributed by atoms with Crippen molar-refractivity contribution in [2.75, 3.05) is 0 Å². The second-order valence-corrected chi connectivity index (χ2v) is 6.99. The standard InChI is InChI=1S/C20H25FN2O3/c1-13-17(19(24)26-16-7-5-3-2-4-6-8-16)18(23-20(25)22-13)14-9-11-15(21)12-10-14/h9-12,16,18H,2-8H2,1H3,(H2,22,23,25). The largest absolute Gasteiger partial charge is 0.459 e. The first kappa shape index (κ1) is 18.4. The minimum atomic E-state index is -0.648. The predicted molar refractivity (Wildman–Crippen MR) is 95.7 cm³/mol. The third-order valence-electron chi connectivity index (χ3n) is 5.02. The highest BCUT2D eigenvalue weighted by Crippen LogP contribution is 2.29. The predicted octanol–water partition coefficient (Wildman–Crippen LogP) is 4.11. The summed E-state index contributed by atoms with van der Waals surface area (Å²) in [5, 5.41) is 5.38. The Morgan fingerprint density at radius 1 is 1.08 bits per heavy atom. The number of hydrogen-bond acceptors (Lipinski definition) is 3. The lowest BCUT2D eigenvalue weighted by Crippen LogP contribution is -2.45. The number of nitrogens with one attached hydrogen (secondary N) is 2. The molecule has 1 unspecified atom stereocenters. The number of hydrogen-bond donors (Lipinski definition) is 2. The Morgan fingerprint density at radius 3 is 2.35 bits per heavy atom. The lowest BCUT2D eigenvalue weighted by molar-refractivity contribution is -0.145. The van der Waals surface area contributed by atoms with E-state index in [1.54, 1.807) is 19.1 Å². The molecule has 2 N–H and O–H groups in total. The van der Waals surface area contributed by atoms with E-state index in [0.717, 1.165) is 25.7 Å². The SMILES string of the molecule is CC1=C(C(=O)OC2CCCCCCC2)C(c2ccc(F)cc2)NC(=O)N1. The molecule has 1 atom stereocenters. The van der Waals surface area contributed by atoms with Gasteiger partial charge < -0.3 is 15.4 Å². The summed E-state index contributed by atoms with van der Waals surface area (Å²) in [6.45, 7) is 1.68. The molecule has 6 heteroatoms. The molecular formula is C20H25FN2O3. The van der Waals surface area contributed by atoms with E-state index in [0.29, 0.717) is 16.8 Å². The molecule has 0 radical (unpaired) electrons. The number of carbonyl (C=O) groups excluding carboxylic acids is 2. The fourth-order valence-electron chi connectivity index (χ4n) is 3.62. The van der Waals surface area contributed by atoms with Crippen LogP contribution in [0.15, 0.2) is 35.5 Å². The van der Waals surface area contributed by atoms with Gasteiger partial charge in [-0.15, -0.1) is 0 Å². The highest BCUT2D eigenvalue weighted by atomic mass is 19.1. The molecule has 2 aliphatic rings. The molecule has 1 heterocycles. The average Bonchev–Trinajstić information content (AvgIpc) is 2.57. The Kier molecular flexibility index (Phi) is 5.91. The van der Waals surface area contributed by atoms with Crippen LogP contribution in [-0.4, -0.2) is 18.1 Å². The number of halogens is 1. The van der Waals surface area contributed by atoms with Crippen molar-refractivity contribution in [1.29, 1.82) is 0 Å². The van der Waals surface area contributed by atoms with Crippen LogP contribution in [0, 0.1) is 5.82 Å². The molecule has 0 aromatic heterocycles. The van der Waals surface area contributed by atoms with Gasteiger partial charge in [-0.1, -0.05) is 31.4 Å². The highest BCUT2D eigenvalue weighted by Gasteiger charge is 2.33. The van der Waals surface area contributed by atoms with Crippen LogP contribution >= 0.6 is 0 Å². The molecule has 1 aromatic rings. The van der Waals surface area contributed by atoms with Crippen LogP contribution in [-0.2, 0) is 9.53 Å². The molecule has 26 heavy (non-hydrogen) atoms. The Labute approximate surface area is 153 Å². The Hall–Kier alpha value is -2.37. The summed E-state index contributed by atoms with van der Waals surface area (Å²) in [4.78, 5) is 24.8. The van der Waals surface area contributed by atoms with Crippen LogP contribution in [0.1, 0.15) is 63.5 Å².